The first-order valence-corrected chi connectivity index (χ1v) is 14.1. The number of nitrogens with zero attached hydrogens (tertiary/aromatic N) is 1. The molecule has 2 fully saturated rings. The van der Waals surface area contributed by atoms with Gasteiger partial charge in [0.1, 0.15) is 5.84 Å². The van der Waals surface area contributed by atoms with Crippen molar-refractivity contribution in [3.8, 4) is 0 Å². The van der Waals surface area contributed by atoms with Gasteiger partial charge in [-0.15, -0.1) is 0 Å². The van der Waals surface area contributed by atoms with Gasteiger partial charge in [-0.3, -0.25) is 4.99 Å². The van der Waals surface area contributed by atoms with Crippen LogP contribution >= 0.6 is 0 Å². The molecule has 2 saturated carbocycles. The topological polar surface area (TPSA) is 24.4 Å². The van der Waals surface area contributed by atoms with Crippen LogP contribution in [0.5, 0.6) is 0 Å². The van der Waals surface area contributed by atoms with Gasteiger partial charge in [-0.1, -0.05) is 98.6 Å². The molecular formula is C31H52N2. The van der Waals surface area contributed by atoms with Crippen molar-refractivity contribution >= 4 is 5.84 Å². The molecule has 5 atom stereocenters. The summed E-state index contributed by atoms with van der Waals surface area (Å²) in [4.78, 5) is 5.70. The molecule has 1 aromatic carbocycles. The predicted octanol–water partition coefficient (Wildman–Crippen LogP) is 8.22. The second-order valence-corrected chi connectivity index (χ2v) is 12.5. The number of benzene rings is 1. The number of aliphatic imine (C=N–C) groups is 1. The molecule has 186 valence electrons. The van der Waals surface area contributed by atoms with Crippen LogP contribution in [0.2, 0.25) is 0 Å². The Balaban J connectivity index is 2.04. The van der Waals surface area contributed by atoms with Crippen molar-refractivity contribution in [1.82, 2.24) is 5.32 Å². The lowest BCUT2D eigenvalue weighted by molar-refractivity contribution is 0.125. The van der Waals surface area contributed by atoms with Crippen molar-refractivity contribution in [3.05, 3.63) is 35.9 Å². The van der Waals surface area contributed by atoms with Crippen LogP contribution < -0.4 is 5.32 Å². The van der Waals surface area contributed by atoms with Crippen molar-refractivity contribution < 1.29 is 0 Å². The fourth-order valence-corrected chi connectivity index (χ4v) is 6.97. The highest BCUT2D eigenvalue weighted by atomic mass is 15.1. The van der Waals surface area contributed by atoms with E-state index in [-0.39, 0.29) is 0 Å². The number of amidine groups is 1. The summed E-state index contributed by atoms with van der Waals surface area (Å²) >= 11 is 0. The molecule has 0 bridgehead atoms. The Kier molecular flexibility index (Phi) is 9.48. The fourth-order valence-electron chi connectivity index (χ4n) is 6.97. The Bertz CT molecular complexity index is 701. The maximum absolute atomic E-state index is 5.70. The molecule has 2 heteroatoms. The fraction of sp³-hybridized carbons (Fsp3) is 0.774. The summed E-state index contributed by atoms with van der Waals surface area (Å²) in [6, 6.07) is 11.9. The van der Waals surface area contributed by atoms with Crippen LogP contribution in [0.4, 0.5) is 0 Å². The quantitative estimate of drug-likeness (QED) is 0.327. The number of rotatable bonds is 7. The summed E-state index contributed by atoms with van der Waals surface area (Å²) in [5.41, 5.74) is 1.27. The largest absolute Gasteiger partial charge is 0.367 e. The molecule has 3 rings (SSSR count). The average molecular weight is 453 g/mol. The van der Waals surface area contributed by atoms with Crippen LogP contribution in [-0.4, -0.2) is 17.9 Å². The first-order valence-electron chi connectivity index (χ1n) is 14.1. The van der Waals surface area contributed by atoms with Crippen molar-refractivity contribution in [2.24, 2.45) is 52.3 Å². The Morgan fingerprint density at radius 1 is 0.667 bits per heavy atom. The van der Waals surface area contributed by atoms with Gasteiger partial charge in [0.2, 0.25) is 0 Å². The highest BCUT2D eigenvalue weighted by Crippen LogP contribution is 2.41. The molecule has 0 aliphatic heterocycles. The molecule has 1 aromatic rings. The number of hydrogen-bond acceptors (Lipinski definition) is 1. The smallest absolute Gasteiger partial charge is 0.128 e. The van der Waals surface area contributed by atoms with E-state index < -0.39 is 0 Å². The standard InChI is InChI=1S/C31H52N2/c1-20(2)25-16-12-17-26(21(3)4)29(25)32-31(24-14-10-9-11-15-24)33-30-27(22(5)6)18-13-19-28(30)23(7)8/h9-11,14-15,20-23,25-30H,12-13,16-19H2,1-8H3,(H,32,33)/t25-,26?,27?,28?,29?,30?/m0/s1. The first-order chi connectivity index (χ1) is 15.7. The summed E-state index contributed by atoms with van der Waals surface area (Å²) in [6.07, 6.45) is 8.06. The summed E-state index contributed by atoms with van der Waals surface area (Å²) in [7, 11) is 0. The zero-order valence-electron chi connectivity index (χ0n) is 22.9. The lowest BCUT2D eigenvalue weighted by atomic mass is 9.68. The third-order valence-corrected chi connectivity index (χ3v) is 9.00. The van der Waals surface area contributed by atoms with Crippen LogP contribution in [0, 0.1) is 47.3 Å². The van der Waals surface area contributed by atoms with E-state index in [9.17, 15) is 0 Å². The second kappa shape index (κ2) is 11.9. The Morgan fingerprint density at radius 3 is 1.52 bits per heavy atom. The Labute approximate surface area is 205 Å². The minimum atomic E-state index is 0.417. The van der Waals surface area contributed by atoms with E-state index in [0.29, 0.717) is 59.4 Å². The highest BCUT2D eigenvalue weighted by Gasteiger charge is 2.39. The van der Waals surface area contributed by atoms with Gasteiger partial charge in [0.15, 0.2) is 0 Å². The average Bonchev–Trinajstić information content (AvgIpc) is 2.78. The minimum absolute atomic E-state index is 0.417. The van der Waals surface area contributed by atoms with Crippen LogP contribution in [0.25, 0.3) is 0 Å². The van der Waals surface area contributed by atoms with E-state index in [1.807, 2.05) is 0 Å². The number of hydrogen-bond donors (Lipinski definition) is 1. The Morgan fingerprint density at radius 2 is 1.09 bits per heavy atom. The van der Waals surface area contributed by atoms with Crippen LogP contribution in [0.15, 0.2) is 35.3 Å². The van der Waals surface area contributed by atoms with Crippen molar-refractivity contribution in [3.63, 3.8) is 0 Å². The van der Waals surface area contributed by atoms with Gasteiger partial charge >= 0.3 is 0 Å². The first kappa shape index (κ1) is 26.3. The summed E-state index contributed by atoms with van der Waals surface area (Å²) in [5.74, 6) is 6.71. The minimum Gasteiger partial charge on any atom is -0.367 e. The lowest BCUT2D eigenvalue weighted by Crippen LogP contribution is -2.51. The zero-order valence-corrected chi connectivity index (χ0v) is 22.9. The van der Waals surface area contributed by atoms with Gasteiger partial charge in [0.05, 0.1) is 6.04 Å². The predicted molar refractivity (Wildman–Crippen MR) is 145 cm³/mol. The summed E-state index contributed by atoms with van der Waals surface area (Å²) in [6.45, 7) is 19.3. The third kappa shape index (κ3) is 6.43. The molecule has 2 nitrogen and oxygen atoms in total. The maximum atomic E-state index is 5.70. The van der Waals surface area contributed by atoms with Crippen LogP contribution in [0.3, 0.4) is 0 Å². The van der Waals surface area contributed by atoms with E-state index >= 15 is 0 Å². The SMILES string of the molecule is CC(C)C1CCCC(C(C)C)C1NC(=NC1C(C(C)C)CCC[C@H]1C(C)C)c1ccccc1. The van der Waals surface area contributed by atoms with E-state index in [2.05, 4.69) is 91.0 Å². The maximum Gasteiger partial charge on any atom is 0.128 e. The van der Waals surface area contributed by atoms with Gasteiger partial charge < -0.3 is 5.32 Å². The molecule has 0 radical (unpaired) electrons. The van der Waals surface area contributed by atoms with Crippen LogP contribution in [0.1, 0.15) is 99.5 Å². The normalized spacial score (nSPS) is 31.6. The molecule has 2 aliphatic carbocycles. The van der Waals surface area contributed by atoms with Gasteiger partial charge in [-0.2, -0.15) is 0 Å². The van der Waals surface area contributed by atoms with Crippen molar-refractivity contribution in [2.75, 3.05) is 0 Å². The third-order valence-electron chi connectivity index (χ3n) is 9.00. The second-order valence-electron chi connectivity index (χ2n) is 12.5. The summed E-state index contributed by atoms with van der Waals surface area (Å²) in [5, 5.41) is 4.15. The van der Waals surface area contributed by atoms with Gasteiger partial charge in [-0.05, 0) is 73.0 Å². The van der Waals surface area contributed by atoms with Gasteiger partial charge in [-0.25, -0.2) is 0 Å². The number of nitrogens with one attached hydrogen (secondary N) is 1. The zero-order chi connectivity index (χ0) is 24.1. The van der Waals surface area contributed by atoms with E-state index in [1.54, 1.807) is 0 Å². The van der Waals surface area contributed by atoms with E-state index in [1.165, 1.54) is 49.9 Å². The van der Waals surface area contributed by atoms with Crippen molar-refractivity contribution in [2.45, 2.75) is 106 Å². The van der Waals surface area contributed by atoms with E-state index in [4.69, 9.17) is 4.99 Å². The van der Waals surface area contributed by atoms with E-state index in [0.717, 1.165) is 0 Å². The van der Waals surface area contributed by atoms with Gasteiger partial charge in [0, 0.05) is 11.6 Å². The lowest BCUT2D eigenvalue weighted by Gasteiger charge is -2.44. The van der Waals surface area contributed by atoms with Crippen molar-refractivity contribution in [1.29, 1.82) is 0 Å². The molecule has 1 N–H and O–H groups in total. The molecule has 0 saturated heterocycles. The monoisotopic (exact) mass is 452 g/mol. The Hall–Kier alpha value is -1.31. The highest BCUT2D eigenvalue weighted by molar-refractivity contribution is 5.99. The van der Waals surface area contributed by atoms with Crippen LogP contribution in [-0.2, 0) is 0 Å². The van der Waals surface area contributed by atoms with Gasteiger partial charge in [0.25, 0.3) is 0 Å². The molecule has 2 aliphatic rings. The molecule has 0 aromatic heterocycles. The molecule has 4 unspecified atom stereocenters. The summed E-state index contributed by atoms with van der Waals surface area (Å²) < 4.78 is 0. The molecule has 0 spiro atoms. The molecule has 33 heavy (non-hydrogen) atoms. The molecule has 0 amide bonds. The molecule has 0 heterocycles. The molecular weight excluding hydrogens is 400 g/mol.